The standard InChI is InChI=1S/C14H19N3O/c1-16-6-8-17(9-7-16)11-2-3-13-12(10-11)14(18)4-5-15-13/h2-3,10,15H,4-9H2,1H3. The first-order chi connectivity index (χ1) is 8.74. The minimum Gasteiger partial charge on any atom is -0.384 e. The van der Waals surface area contributed by atoms with Gasteiger partial charge in [0.1, 0.15) is 0 Å². The van der Waals surface area contributed by atoms with Gasteiger partial charge in [0, 0.05) is 56.1 Å². The van der Waals surface area contributed by atoms with Gasteiger partial charge in [-0.15, -0.1) is 0 Å². The molecule has 18 heavy (non-hydrogen) atoms. The van der Waals surface area contributed by atoms with Crippen LogP contribution in [0.1, 0.15) is 16.8 Å². The minimum absolute atomic E-state index is 0.264. The molecule has 4 nitrogen and oxygen atoms in total. The summed E-state index contributed by atoms with van der Waals surface area (Å²) < 4.78 is 0. The van der Waals surface area contributed by atoms with Crippen molar-refractivity contribution in [3.05, 3.63) is 23.8 Å². The Morgan fingerprint density at radius 1 is 1.17 bits per heavy atom. The second-order valence-electron chi connectivity index (χ2n) is 5.12. The van der Waals surface area contributed by atoms with Gasteiger partial charge in [-0.3, -0.25) is 4.79 Å². The highest BCUT2D eigenvalue weighted by atomic mass is 16.1. The van der Waals surface area contributed by atoms with E-state index in [4.69, 9.17) is 0 Å². The summed E-state index contributed by atoms with van der Waals surface area (Å²) in [4.78, 5) is 16.6. The van der Waals surface area contributed by atoms with Crippen molar-refractivity contribution >= 4 is 17.2 Å². The number of nitrogens with one attached hydrogen (secondary N) is 1. The van der Waals surface area contributed by atoms with Crippen LogP contribution in [0.15, 0.2) is 18.2 Å². The number of Topliss-reactive ketones (excluding diaryl/α,β-unsaturated/α-hetero) is 1. The fraction of sp³-hybridized carbons (Fsp3) is 0.500. The molecule has 0 bridgehead atoms. The molecule has 4 heteroatoms. The van der Waals surface area contributed by atoms with Crippen LogP contribution in [-0.2, 0) is 0 Å². The molecule has 2 aliphatic rings. The third-order valence-electron chi connectivity index (χ3n) is 3.84. The van der Waals surface area contributed by atoms with Crippen LogP contribution in [0.4, 0.5) is 11.4 Å². The maximum atomic E-state index is 11.9. The summed E-state index contributed by atoms with van der Waals surface area (Å²) in [5, 5.41) is 3.28. The van der Waals surface area contributed by atoms with Gasteiger partial charge >= 0.3 is 0 Å². The van der Waals surface area contributed by atoms with E-state index in [0.717, 1.165) is 44.0 Å². The molecule has 1 N–H and O–H groups in total. The van der Waals surface area contributed by atoms with E-state index in [1.165, 1.54) is 5.69 Å². The lowest BCUT2D eigenvalue weighted by Gasteiger charge is -2.34. The zero-order valence-electron chi connectivity index (χ0n) is 10.8. The predicted molar refractivity (Wildman–Crippen MR) is 73.6 cm³/mol. The lowest BCUT2D eigenvalue weighted by molar-refractivity contribution is 0.0984. The Hall–Kier alpha value is -1.55. The summed E-state index contributed by atoms with van der Waals surface area (Å²) in [6, 6.07) is 6.21. The quantitative estimate of drug-likeness (QED) is 0.812. The van der Waals surface area contributed by atoms with Gasteiger partial charge in [-0.2, -0.15) is 0 Å². The van der Waals surface area contributed by atoms with Crippen LogP contribution in [0.2, 0.25) is 0 Å². The summed E-state index contributed by atoms with van der Waals surface area (Å²) in [6.45, 7) is 5.01. The molecule has 0 aliphatic carbocycles. The molecule has 1 aromatic carbocycles. The van der Waals surface area contributed by atoms with Crippen LogP contribution in [0.3, 0.4) is 0 Å². The largest absolute Gasteiger partial charge is 0.384 e. The van der Waals surface area contributed by atoms with Gasteiger partial charge in [0.2, 0.25) is 0 Å². The number of ketones is 1. The van der Waals surface area contributed by atoms with E-state index in [9.17, 15) is 4.79 Å². The van der Waals surface area contributed by atoms with Crippen LogP contribution in [0.5, 0.6) is 0 Å². The number of hydrogen-bond acceptors (Lipinski definition) is 4. The van der Waals surface area contributed by atoms with Gasteiger partial charge in [0.05, 0.1) is 0 Å². The van der Waals surface area contributed by atoms with Crippen molar-refractivity contribution in [3.8, 4) is 0 Å². The number of hydrogen-bond donors (Lipinski definition) is 1. The van der Waals surface area contributed by atoms with E-state index < -0.39 is 0 Å². The van der Waals surface area contributed by atoms with Crippen molar-refractivity contribution in [1.82, 2.24) is 4.90 Å². The molecule has 1 fully saturated rings. The fourth-order valence-electron chi connectivity index (χ4n) is 2.62. The molecule has 0 amide bonds. The number of piperazine rings is 1. The Kier molecular flexibility index (Phi) is 2.96. The molecule has 1 aromatic rings. The Balaban J connectivity index is 1.85. The lowest BCUT2D eigenvalue weighted by atomic mass is 10.0. The van der Waals surface area contributed by atoms with Gasteiger partial charge < -0.3 is 15.1 Å². The van der Waals surface area contributed by atoms with Crippen molar-refractivity contribution in [2.75, 3.05) is 50.0 Å². The number of nitrogens with zero attached hydrogens (tertiary/aromatic N) is 2. The van der Waals surface area contributed by atoms with Crippen LogP contribution in [0.25, 0.3) is 0 Å². The van der Waals surface area contributed by atoms with Crippen molar-refractivity contribution < 1.29 is 4.79 Å². The molecule has 1 saturated heterocycles. The molecule has 0 atom stereocenters. The predicted octanol–water partition coefficient (Wildman–Crippen LogP) is 1.44. The Morgan fingerprint density at radius 2 is 1.94 bits per heavy atom. The maximum absolute atomic E-state index is 11.9. The number of carbonyl (C=O) groups is 1. The molecule has 0 aromatic heterocycles. The number of fused-ring (bicyclic) bond motifs is 1. The number of anilines is 2. The summed E-state index contributed by atoms with van der Waals surface area (Å²) in [5.41, 5.74) is 3.03. The van der Waals surface area contributed by atoms with E-state index in [0.29, 0.717) is 6.42 Å². The Bertz CT molecular complexity index is 464. The van der Waals surface area contributed by atoms with Crippen molar-refractivity contribution in [2.45, 2.75) is 6.42 Å². The molecule has 0 spiro atoms. The normalized spacial score (nSPS) is 20.5. The van der Waals surface area contributed by atoms with Gasteiger partial charge in [-0.25, -0.2) is 0 Å². The van der Waals surface area contributed by atoms with E-state index in [1.807, 2.05) is 6.07 Å². The molecule has 3 rings (SSSR count). The van der Waals surface area contributed by atoms with Gasteiger partial charge in [0.25, 0.3) is 0 Å². The Labute approximate surface area is 108 Å². The highest BCUT2D eigenvalue weighted by Crippen LogP contribution is 2.27. The van der Waals surface area contributed by atoms with Gasteiger partial charge in [0.15, 0.2) is 5.78 Å². The first-order valence-corrected chi connectivity index (χ1v) is 6.58. The summed E-state index contributed by atoms with van der Waals surface area (Å²) in [5.74, 6) is 0.264. The third kappa shape index (κ3) is 2.08. The monoisotopic (exact) mass is 245 g/mol. The number of likely N-dealkylation sites (N-methyl/N-ethyl adjacent to an activating group) is 1. The van der Waals surface area contributed by atoms with Gasteiger partial charge in [-0.1, -0.05) is 0 Å². The second-order valence-corrected chi connectivity index (χ2v) is 5.12. The van der Waals surface area contributed by atoms with Crippen LogP contribution in [-0.4, -0.2) is 50.5 Å². The summed E-state index contributed by atoms with van der Waals surface area (Å²) in [7, 11) is 2.15. The molecule has 2 aliphatic heterocycles. The van der Waals surface area contributed by atoms with Crippen LogP contribution in [0, 0.1) is 0 Å². The molecule has 96 valence electrons. The highest BCUT2D eigenvalue weighted by Gasteiger charge is 2.20. The SMILES string of the molecule is CN1CCN(c2ccc3c(c2)C(=O)CCN3)CC1. The number of rotatable bonds is 1. The van der Waals surface area contributed by atoms with E-state index in [2.05, 4.69) is 34.3 Å². The zero-order chi connectivity index (χ0) is 12.5. The average Bonchev–Trinajstić information content (AvgIpc) is 2.40. The first-order valence-electron chi connectivity index (χ1n) is 6.58. The lowest BCUT2D eigenvalue weighted by Crippen LogP contribution is -2.44. The zero-order valence-corrected chi connectivity index (χ0v) is 10.8. The molecule has 0 saturated carbocycles. The molecular weight excluding hydrogens is 226 g/mol. The second kappa shape index (κ2) is 4.61. The van der Waals surface area contributed by atoms with Crippen LogP contribution >= 0.6 is 0 Å². The topological polar surface area (TPSA) is 35.6 Å². The molecule has 0 radical (unpaired) electrons. The molecule has 2 heterocycles. The van der Waals surface area contributed by atoms with Crippen molar-refractivity contribution in [2.24, 2.45) is 0 Å². The minimum atomic E-state index is 0.264. The number of benzene rings is 1. The summed E-state index contributed by atoms with van der Waals surface area (Å²) in [6.07, 6.45) is 0.610. The van der Waals surface area contributed by atoms with E-state index >= 15 is 0 Å². The number of carbonyl (C=O) groups excluding carboxylic acids is 1. The average molecular weight is 245 g/mol. The summed E-state index contributed by atoms with van der Waals surface area (Å²) >= 11 is 0. The molecular formula is C14H19N3O. The van der Waals surface area contributed by atoms with Crippen molar-refractivity contribution in [3.63, 3.8) is 0 Å². The van der Waals surface area contributed by atoms with E-state index in [1.54, 1.807) is 0 Å². The highest BCUT2D eigenvalue weighted by molar-refractivity contribution is 6.03. The maximum Gasteiger partial charge on any atom is 0.166 e. The molecule has 0 unspecified atom stereocenters. The third-order valence-corrected chi connectivity index (χ3v) is 3.84. The Morgan fingerprint density at radius 3 is 2.72 bits per heavy atom. The fourth-order valence-corrected chi connectivity index (χ4v) is 2.62. The first kappa shape index (κ1) is 11.5. The van der Waals surface area contributed by atoms with Crippen molar-refractivity contribution in [1.29, 1.82) is 0 Å². The van der Waals surface area contributed by atoms with Crippen LogP contribution < -0.4 is 10.2 Å². The van der Waals surface area contributed by atoms with Gasteiger partial charge in [-0.05, 0) is 25.2 Å². The smallest absolute Gasteiger partial charge is 0.166 e. The van der Waals surface area contributed by atoms with E-state index in [-0.39, 0.29) is 5.78 Å².